The summed E-state index contributed by atoms with van der Waals surface area (Å²) in [6.07, 6.45) is 12.8. The van der Waals surface area contributed by atoms with Gasteiger partial charge in [-0.1, -0.05) is 30.4 Å². The summed E-state index contributed by atoms with van der Waals surface area (Å²) in [5.41, 5.74) is 3.16. The van der Waals surface area contributed by atoms with Gasteiger partial charge in [0.2, 0.25) is 5.95 Å². The Morgan fingerprint density at radius 2 is 2.15 bits per heavy atom. The van der Waals surface area contributed by atoms with E-state index in [4.69, 9.17) is 0 Å². The van der Waals surface area contributed by atoms with E-state index in [2.05, 4.69) is 40.6 Å². The van der Waals surface area contributed by atoms with Crippen LogP contribution in [0.15, 0.2) is 48.7 Å². The summed E-state index contributed by atoms with van der Waals surface area (Å²) in [4.78, 5) is 8.60. The summed E-state index contributed by atoms with van der Waals surface area (Å²) < 4.78 is 13.2. The van der Waals surface area contributed by atoms with Crippen LogP contribution in [-0.2, 0) is 0 Å². The lowest BCUT2D eigenvalue weighted by atomic mass is 9.97. The molecule has 1 aromatic heterocycles. The minimum Gasteiger partial charge on any atom is -0.304 e. The van der Waals surface area contributed by atoms with E-state index in [1.165, 1.54) is 70.7 Å². The quantitative estimate of drug-likeness (QED) is 0.564. The molecule has 1 saturated heterocycles. The SMILES string of the molecule is C=C(/C=C\C=C1/CCCC1CCN1CCN(C)CC1)c1ccnc(F)c1. The molecule has 1 saturated carbocycles. The van der Waals surface area contributed by atoms with Gasteiger partial charge >= 0.3 is 0 Å². The highest BCUT2D eigenvalue weighted by atomic mass is 19.1. The van der Waals surface area contributed by atoms with Crippen LogP contribution in [0.5, 0.6) is 0 Å². The van der Waals surface area contributed by atoms with Gasteiger partial charge in [0, 0.05) is 38.4 Å². The summed E-state index contributed by atoms with van der Waals surface area (Å²) in [6, 6.07) is 3.21. The van der Waals surface area contributed by atoms with E-state index in [0.29, 0.717) is 5.92 Å². The van der Waals surface area contributed by atoms with Crippen LogP contribution in [0.1, 0.15) is 31.2 Å². The van der Waals surface area contributed by atoms with E-state index in [9.17, 15) is 4.39 Å². The largest absolute Gasteiger partial charge is 0.304 e. The number of piperazine rings is 1. The van der Waals surface area contributed by atoms with Gasteiger partial charge in [0.15, 0.2) is 0 Å². The molecule has 1 unspecified atom stereocenters. The van der Waals surface area contributed by atoms with E-state index >= 15 is 0 Å². The number of likely N-dealkylation sites (N-methyl/N-ethyl adjacent to an activating group) is 1. The number of nitrogens with zero attached hydrogens (tertiary/aromatic N) is 3. The molecule has 1 aromatic rings. The van der Waals surface area contributed by atoms with E-state index in [0.717, 1.165) is 11.1 Å². The summed E-state index contributed by atoms with van der Waals surface area (Å²) >= 11 is 0. The molecule has 3 rings (SSSR count). The van der Waals surface area contributed by atoms with Crippen molar-refractivity contribution in [2.24, 2.45) is 5.92 Å². The van der Waals surface area contributed by atoms with Crippen molar-refractivity contribution in [2.75, 3.05) is 39.8 Å². The molecule has 0 bridgehead atoms. The molecule has 2 fully saturated rings. The van der Waals surface area contributed by atoms with Crippen LogP contribution < -0.4 is 0 Å². The number of pyridine rings is 1. The molecule has 0 N–H and O–H groups in total. The lowest BCUT2D eigenvalue weighted by Crippen LogP contribution is -2.44. The highest BCUT2D eigenvalue weighted by Gasteiger charge is 2.22. The molecule has 1 aliphatic carbocycles. The number of aromatic nitrogens is 1. The average Bonchev–Trinajstić information content (AvgIpc) is 3.08. The zero-order valence-corrected chi connectivity index (χ0v) is 15.8. The van der Waals surface area contributed by atoms with Gasteiger partial charge < -0.3 is 9.80 Å². The number of allylic oxidation sites excluding steroid dienone is 5. The third kappa shape index (κ3) is 5.36. The predicted octanol–water partition coefficient (Wildman–Crippen LogP) is 4.15. The molecule has 0 radical (unpaired) electrons. The van der Waals surface area contributed by atoms with Gasteiger partial charge in [-0.05, 0) is 62.4 Å². The Bertz CT molecular complexity index is 672. The van der Waals surface area contributed by atoms with Crippen molar-refractivity contribution in [3.8, 4) is 0 Å². The molecular weight excluding hydrogens is 325 g/mol. The maximum absolute atomic E-state index is 13.2. The predicted molar refractivity (Wildman–Crippen MR) is 106 cm³/mol. The normalized spacial score (nSPS) is 23.9. The van der Waals surface area contributed by atoms with E-state index in [1.807, 2.05) is 6.08 Å². The van der Waals surface area contributed by atoms with Gasteiger partial charge in [-0.2, -0.15) is 4.39 Å². The van der Waals surface area contributed by atoms with Crippen molar-refractivity contribution >= 4 is 5.57 Å². The Hall–Kier alpha value is -1.78. The van der Waals surface area contributed by atoms with Gasteiger partial charge in [0.05, 0.1) is 0 Å². The Balaban J connectivity index is 1.51. The van der Waals surface area contributed by atoms with Crippen molar-refractivity contribution in [1.82, 2.24) is 14.8 Å². The molecule has 1 atom stereocenters. The molecule has 4 heteroatoms. The molecule has 0 amide bonds. The highest BCUT2D eigenvalue weighted by Crippen LogP contribution is 2.33. The van der Waals surface area contributed by atoms with Crippen LogP contribution in [0, 0.1) is 11.9 Å². The molecule has 0 aromatic carbocycles. The second-order valence-corrected chi connectivity index (χ2v) is 7.52. The smallest absolute Gasteiger partial charge is 0.213 e. The topological polar surface area (TPSA) is 19.4 Å². The second-order valence-electron chi connectivity index (χ2n) is 7.52. The summed E-state index contributed by atoms with van der Waals surface area (Å²) in [6.45, 7) is 10.0. The summed E-state index contributed by atoms with van der Waals surface area (Å²) in [5.74, 6) is 0.251. The lowest BCUT2D eigenvalue weighted by molar-refractivity contribution is 0.149. The number of halogens is 1. The van der Waals surface area contributed by atoms with Gasteiger partial charge in [-0.25, -0.2) is 4.98 Å². The average molecular weight is 356 g/mol. The third-order valence-electron chi connectivity index (χ3n) is 5.64. The molecule has 1 aliphatic heterocycles. The standard InChI is InChI=1S/C22H30FN3/c1-18(21-9-11-24-22(23)17-21)5-3-6-19-7-4-8-20(19)10-12-26-15-13-25(2)14-16-26/h3,5-6,9,11,17,20H,1,4,7-8,10,12-16H2,2H3/b5-3-,19-6+. The lowest BCUT2D eigenvalue weighted by Gasteiger charge is -2.33. The molecule has 140 valence electrons. The number of hydrogen-bond acceptors (Lipinski definition) is 3. The van der Waals surface area contributed by atoms with Gasteiger partial charge in [-0.15, -0.1) is 0 Å². The van der Waals surface area contributed by atoms with Crippen molar-refractivity contribution < 1.29 is 4.39 Å². The van der Waals surface area contributed by atoms with Gasteiger partial charge in [0.1, 0.15) is 0 Å². The van der Waals surface area contributed by atoms with E-state index in [-0.39, 0.29) is 0 Å². The zero-order valence-electron chi connectivity index (χ0n) is 15.8. The van der Waals surface area contributed by atoms with Crippen LogP contribution in [-0.4, -0.2) is 54.6 Å². The third-order valence-corrected chi connectivity index (χ3v) is 5.64. The maximum atomic E-state index is 13.2. The Labute approximate surface area is 156 Å². The fraction of sp³-hybridized carbons (Fsp3) is 0.500. The van der Waals surface area contributed by atoms with Crippen molar-refractivity contribution in [1.29, 1.82) is 0 Å². The first-order valence-electron chi connectivity index (χ1n) is 9.70. The maximum Gasteiger partial charge on any atom is 0.213 e. The first-order chi connectivity index (χ1) is 12.6. The molecule has 3 nitrogen and oxygen atoms in total. The minimum absolute atomic E-state index is 0.463. The fourth-order valence-corrected chi connectivity index (χ4v) is 3.89. The van der Waals surface area contributed by atoms with Crippen LogP contribution in [0.4, 0.5) is 4.39 Å². The second kappa shape index (κ2) is 9.24. The molecular formula is C22H30FN3. The Morgan fingerprint density at radius 3 is 2.92 bits per heavy atom. The van der Waals surface area contributed by atoms with Crippen LogP contribution in [0.25, 0.3) is 5.57 Å². The Morgan fingerprint density at radius 1 is 1.35 bits per heavy atom. The first-order valence-corrected chi connectivity index (χ1v) is 9.70. The summed E-state index contributed by atoms with van der Waals surface area (Å²) in [7, 11) is 2.20. The van der Waals surface area contributed by atoms with Crippen molar-refractivity contribution in [3.05, 3.63) is 60.2 Å². The minimum atomic E-state index is -0.463. The molecule has 26 heavy (non-hydrogen) atoms. The zero-order chi connectivity index (χ0) is 18.4. The molecule has 2 heterocycles. The first kappa shape index (κ1) is 19.0. The summed E-state index contributed by atoms with van der Waals surface area (Å²) in [5, 5.41) is 0. The molecule has 2 aliphatic rings. The van der Waals surface area contributed by atoms with Crippen LogP contribution >= 0.6 is 0 Å². The van der Waals surface area contributed by atoms with Crippen LogP contribution in [0.2, 0.25) is 0 Å². The molecule has 0 spiro atoms. The van der Waals surface area contributed by atoms with E-state index < -0.39 is 5.95 Å². The van der Waals surface area contributed by atoms with E-state index in [1.54, 1.807) is 11.6 Å². The fourth-order valence-electron chi connectivity index (χ4n) is 3.89. The number of rotatable bonds is 6. The van der Waals surface area contributed by atoms with Crippen molar-refractivity contribution in [2.45, 2.75) is 25.7 Å². The highest BCUT2D eigenvalue weighted by molar-refractivity contribution is 5.71. The van der Waals surface area contributed by atoms with Gasteiger partial charge in [0.25, 0.3) is 0 Å². The number of hydrogen-bond donors (Lipinski definition) is 0. The van der Waals surface area contributed by atoms with Crippen molar-refractivity contribution in [3.63, 3.8) is 0 Å². The Kier molecular flexibility index (Phi) is 6.75. The van der Waals surface area contributed by atoms with Gasteiger partial charge in [-0.3, -0.25) is 0 Å². The van der Waals surface area contributed by atoms with Crippen LogP contribution in [0.3, 0.4) is 0 Å². The monoisotopic (exact) mass is 355 g/mol.